The molecule has 0 aliphatic carbocycles. The van der Waals surface area contributed by atoms with Crippen molar-refractivity contribution in [3.05, 3.63) is 18.0 Å². The summed E-state index contributed by atoms with van der Waals surface area (Å²) in [5.41, 5.74) is -0.180. The Morgan fingerprint density at radius 3 is 2.35 bits per heavy atom. The quantitative estimate of drug-likeness (QED) is 0.769. The molecule has 1 aliphatic heterocycles. The zero-order valence-electron chi connectivity index (χ0n) is 11.0. The number of ether oxygens (including phenoxy) is 2. The average Bonchev–Trinajstić information content (AvgIpc) is 2.82. The van der Waals surface area contributed by atoms with Gasteiger partial charge in [-0.25, -0.2) is 13.2 Å². The second kappa shape index (κ2) is 4.80. The molecule has 0 bridgehead atoms. The smallest absolute Gasteiger partial charge is 0.421 e. The minimum absolute atomic E-state index is 0.0877. The number of halogens is 4. The lowest BCUT2D eigenvalue weighted by Crippen LogP contribution is -2.52. The highest BCUT2D eigenvalue weighted by molar-refractivity contribution is 7.78. The SMILES string of the molecule is COS(=O)n1c(C#N)nc2cc3c(cc21)OC(F)(F)C(F)(F)O3. The molecule has 0 saturated heterocycles. The fourth-order valence-electron chi connectivity index (χ4n) is 1.91. The van der Waals surface area contributed by atoms with Crippen LogP contribution in [0.2, 0.25) is 0 Å². The molecular formula is C11H5F4N3O4S. The van der Waals surface area contributed by atoms with Gasteiger partial charge in [-0.2, -0.15) is 22.8 Å². The summed E-state index contributed by atoms with van der Waals surface area (Å²) in [6, 6.07) is 3.36. The van der Waals surface area contributed by atoms with Gasteiger partial charge in [0, 0.05) is 12.1 Å². The van der Waals surface area contributed by atoms with E-state index in [1.165, 1.54) is 0 Å². The summed E-state index contributed by atoms with van der Waals surface area (Å²) in [6.45, 7) is 0. The van der Waals surface area contributed by atoms with Crippen LogP contribution in [0.1, 0.15) is 5.82 Å². The first-order valence-corrected chi connectivity index (χ1v) is 6.80. The third-order valence-electron chi connectivity index (χ3n) is 2.89. The molecule has 1 aromatic heterocycles. The van der Waals surface area contributed by atoms with E-state index < -0.39 is 35.0 Å². The van der Waals surface area contributed by atoms with Crippen molar-refractivity contribution in [1.82, 2.24) is 8.96 Å². The van der Waals surface area contributed by atoms with E-state index in [4.69, 9.17) is 5.26 Å². The van der Waals surface area contributed by atoms with Gasteiger partial charge < -0.3 is 9.47 Å². The molecule has 3 rings (SSSR count). The third kappa shape index (κ3) is 2.20. The van der Waals surface area contributed by atoms with Crippen molar-refractivity contribution in [3.63, 3.8) is 0 Å². The Kier molecular flexibility index (Phi) is 3.24. The van der Waals surface area contributed by atoms with E-state index >= 15 is 0 Å². The number of nitriles is 1. The number of nitrogens with zero attached hydrogens (tertiary/aromatic N) is 3. The first-order chi connectivity index (χ1) is 10.7. The molecule has 0 radical (unpaired) electrons. The molecule has 1 aromatic carbocycles. The summed E-state index contributed by atoms with van der Waals surface area (Å²) in [5.74, 6) is -1.78. The Hall–Kier alpha value is -2.39. The summed E-state index contributed by atoms with van der Waals surface area (Å²) in [7, 11) is 1.08. The van der Waals surface area contributed by atoms with Crippen molar-refractivity contribution in [2.45, 2.75) is 12.2 Å². The fourth-order valence-corrected chi connectivity index (χ4v) is 2.59. The second-order valence-electron chi connectivity index (χ2n) is 4.25. The van der Waals surface area contributed by atoms with Crippen molar-refractivity contribution in [2.24, 2.45) is 0 Å². The minimum atomic E-state index is -4.89. The van der Waals surface area contributed by atoms with E-state index in [1.807, 2.05) is 0 Å². The van der Waals surface area contributed by atoms with Crippen LogP contribution in [-0.2, 0) is 15.4 Å². The lowest BCUT2D eigenvalue weighted by atomic mass is 10.2. The van der Waals surface area contributed by atoms with Crippen molar-refractivity contribution >= 4 is 22.3 Å². The molecule has 0 spiro atoms. The molecular weight excluding hydrogens is 346 g/mol. The van der Waals surface area contributed by atoms with Crippen LogP contribution < -0.4 is 9.47 Å². The largest absolute Gasteiger partial charge is 0.507 e. The average molecular weight is 351 g/mol. The number of hydrogen-bond donors (Lipinski definition) is 0. The number of aromatic nitrogens is 2. The maximum atomic E-state index is 13.2. The Bertz CT molecular complexity index is 876. The van der Waals surface area contributed by atoms with E-state index in [2.05, 4.69) is 18.6 Å². The zero-order chi connectivity index (χ0) is 17.0. The van der Waals surface area contributed by atoms with Gasteiger partial charge in [0.2, 0.25) is 5.82 Å². The summed E-state index contributed by atoms with van der Waals surface area (Å²) < 4.78 is 77.8. The molecule has 1 atom stereocenters. The van der Waals surface area contributed by atoms with Gasteiger partial charge in [0.1, 0.15) is 6.07 Å². The number of benzene rings is 1. The van der Waals surface area contributed by atoms with Crippen molar-refractivity contribution in [2.75, 3.05) is 7.11 Å². The highest BCUT2D eigenvalue weighted by atomic mass is 32.2. The highest BCUT2D eigenvalue weighted by Gasteiger charge is 2.66. The summed E-state index contributed by atoms with van der Waals surface area (Å²) in [5, 5.41) is 8.97. The Morgan fingerprint density at radius 1 is 1.26 bits per heavy atom. The molecule has 0 amide bonds. The maximum absolute atomic E-state index is 13.2. The van der Waals surface area contributed by atoms with Crippen LogP contribution in [0, 0.1) is 11.3 Å². The molecule has 23 heavy (non-hydrogen) atoms. The first kappa shape index (κ1) is 15.5. The summed E-state index contributed by atoms with van der Waals surface area (Å²) in [4.78, 5) is 3.75. The molecule has 2 aromatic rings. The maximum Gasteiger partial charge on any atom is 0.507 e. The molecule has 0 N–H and O–H groups in total. The Balaban J connectivity index is 2.25. The summed E-state index contributed by atoms with van der Waals surface area (Å²) >= 11 is -2.18. The van der Waals surface area contributed by atoms with Gasteiger partial charge in [-0.1, -0.05) is 0 Å². The number of alkyl halides is 4. The lowest BCUT2D eigenvalue weighted by molar-refractivity contribution is -0.391. The van der Waals surface area contributed by atoms with Crippen molar-refractivity contribution < 1.29 is 35.4 Å². The van der Waals surface area contributed by atoms with Crippen LogP contribution in [0.5, 0.6) is 11.5 Å². The zero-order valence-corrected chi connectivity index (χ0v) is 11.9. The van der Waals surface area contributed by atoms with Gasteiger partial charge in [0.15, 0.2) is 11.5 Å². The van der Waals surface area contributed by atoms with Crippen LogP contribution in [-0.4, -0.2) is 32.5 Å². The normalized spacial score (nSPS) is 19.3. The van der Waals surface area contributed by atoms with E-state index in [1.54, 1.807) is 6.07 Å². The first-order valence-electron chi connectivity index (χ1n) is 5.77. The predicted octanol–water partition coefficient (Wildman–Crippen LogP) is 1.94. The Morgan fingerprint density at radius 2 is 1.83 bits per heavy atom. The Labute approximate surface area is 127 Å². The summed E-state index contributed by atoms with van der Waals surface area (Å²) in [6.07, 6.45) is -9.76. The highest BCUT2D eigenvalue weighted by Crippen LogP contribution is 2.48. The minimum Gasteiger partial charge on any atom is -0.421 e. The molecule has 1 unspecified atom stereocenters. The lowest BCUT2D eigenvalue weighted by Gasteiger charge is -2.31. The van der Waals surface area contributed by atoms with Crippen LogP contribution in [0.3, 0.4) is 0 Å². The molecule has 0 fully saturated rings. The monoisotopic (exact) mass is 351 g/mol. The van der Waals surface area contributed by atoms with E-state index in [0.29, 0.717) is 0 Å². The van der Waals surface area contributed by atoms with Gasteiger partial charge >= 0.3 is 12.2 Å². The fraction of sp³-hybridized carbons (Fsp3) is 0.273. The van der Waals surface area contributed by atoms with Crippen molar-refractivity contribution in [3.8, 4) is 17.6 Å². The number of rotatable bonds is 2. The van der Waals surface area contributed by atoms with Crippen LogP contribution >= 0.6 is 0 Å². The number of hydrogen-bond acceptors (Lipinski definition) is 6. The standard InChI is InChI=1S/C11H5F4N3O4S/c1-20-23(19)18-6-3-8-7(2-5(6)17-9(18)4-16)21-10(12,13)11(14,15)22-8/h2-3H,1H3. The van der Waals surface area contributed by atoms with E-state index in [-0.39, 0.29) is 16.9 Å². The van der Waals surface area contributed by atoms with Crippen LogP contribution in [0.4, 0.5) is 17.6 Å². The molecule has 2 heterocycles. The second-order valence-corrected chi connectivity index (χ2v) is 5.38. The molecule has 0 saturated carbocycles. The number of fused-ring (bicyclic) bond motifs is 2. The molecule has 1 aliphatic rings. The third-order valence-corrected chi connectivity index (χ3v) is 3.84. The van der Waals surface area contributed by atoms with Gasteiger partial charge in [0.25, 0.3) is 11.3 Å². The van der Waals surface area contributed by atoms with Gasteiger partial charge in [-0.15, -0.1) is 0 Å². The van der Waals surface area contributed by atoms with E-state index in [9.17, 15) is 21.8 Å². The predicted molar refractivity (Wildman–Crippen MR) is 66.1 cm³/mol. The molecule has 7 nitrogen and oxygen atoms in total. The van der Waals surface area contributed by atoms with E-state index in [0.717, 1.165) is 23.2 Å². The van der Waals surface area contributed by atoms with Gasteiger partial charge in [0.05, 0.1) is 18.1 Å². The van der Waals surface area contributed by atoms with Crippen LogP contribution in [0.15, 0.2) is 12.1 Å². The van der Waals surface area contributed by atoms with Gasteiger partial charge in [-0.3, -0.25) is 4.18 Å². The van der Waals surface area contributed by atoms with Crippen molar-refractivity contribution in [1.29, 1.82) is 5.26 Å². The van der Waals surface area contributed by atoms with Crippen LogP contribution in [0.25, 0.3) is 11.0 Å². The molecule has 12 heteroatoms. The topological polar surface area (TPSA) is 86.4 Å². The number of imidazole rings is 1. The molecule has 122 valence electrons. The van der Waals surface area contributed by atoms with Gasteiger partial charge in [-0.05, 0) is 0 Å².